The van der Waals surface area contributed by atoms with E-state index in [1.807, 2.05) is 0 Å². The first-order valence-corrected chi connectivity index (χ1v) is 21.0. The lowest BCUT2D eigenvalue weighted by molar-refractivity contribution is -0.137. The molecule has 0 spiro atoms. The number of hydrogen-bond donors (Lipinski definition) is 9. The zero-order chi connectivity index (χ0) is 40.6. The second kappa shape index (κ2) is 20.3. The smallest absolute Gasteiger partial charge is 0.386 e. The van der Waals surface area contributed by atoms with Crippen molar-refractivity contribution in [2.24, 2.45) is 5.41 Å². The number of aromatic nitrogens is 4. The van der Waals surface area contributed by atoms with Crippen molar-refractivity contribution in [2.45, 2.75) is 64.3 Å². The number of anilines is 1. The van der Waals surface area contributed by atoms with Crippen LogP contribution in [0.25, 0.3) is 11.2 Å². The van der Waals surface area contributed by atoms with Crippen LogP contribution in [0.15, 0.2) is 12.7 Å². The summed E-state index contributed by atoms with van der Waals surface area (Å²) in [5.41, 5.74) is 4.22. The molecule has 2 amide bonds. The Kier molecular flexibility index (Phi) is 18.0. The third kappa shape index (κ3) is 15.1. The van der Waals surface area contributed by atoms with E-state index in [-0.39, 0.29) is 73.1 Å². The molecule has 30 heteroatoms. The zero-order valence-electron chi connectivity index (χ0n) is 29.2. The molecule has 1 aliphatic heterocycles. The Bertz CT molecular complexity index is 1830. The molecule has 1 saturated heterocycles. The predicted octanol–water partition coefficient (Wildman–Crippen LogP) is -1.24. The molecule has 0 bridgehead atoms. The van der Waals surface area contributed by atoms with Crippen molar-refractivity contribution in [3.63, 3.8) is 0 Å². The van der Waals surface area contributed by atoms with E-state index in [4.69, 9.17) is 19.5 Å². The molecule has 0 aliphatic carbocycles. The van der Waals surface area contributed by atoms with Gasteiger partial charge < -0.3 is 50.9 Å². The van der Waals surface area contributed by atoms with Crippen LogP contribution in [0.3, 0.4) is 0 Å². The molecule has 0 saturated carbocycles. The summed E-state index contributed by atoms with van der Waals surface area (Å²) in [4.78, 5) is 97.7. The summed E-state index contributed by atoms with van der Waals surface area (Å²) < 4.78 is 61.9. The molecule has 312 valence electrons. The standard InChI is InChI=1S/C25H40N7O18P3S.H2S/c1-13(33)8-16(35)54-7-6-27-15(34)4-5-28-23(38)20(37)25(2,3)10-47-53(44,45)50-52(42,43)46-9-14-19(49-51(39,40)41)18(36)24(48-14)32-12-31-17-21(26)29-11-30-22(17)32;/h11-12,14,18-20,24,36-37H,4-10H2,1-3H3,(H,27,34)(H,28,38)(H,42,43)(H,44,45)(H2,26,29,30)(H2,39,40,41);1H2/t14-,18-,19-,20?,24-;/m1./s1. The Hall–Kier alpha value is -2.42. The Labute approximate surface area is 323 Å². The highest BCUT2D eigenvalue weighted by molar-refractivity contribution is 8.13. The number of carbonyl (C=O) groups excluding carboxylic acids is 4. The van der Waals surface area contributed by atoms with Gasteiger partial charge in [0.05, 0.1) is 26.0 Å². The summed E-state index contributed by atoms with van der Waals surface area (Å²) in [7, 11) is -16.4. The molecule has 1 aliphatic rings. The SMILES string of the molecule is CC(=O)CC(=O)SCCNC(=O)CCNC(=O)C(O)C(C)(C)COP(=O)(O)OP(=O)(O)OC[C@H]1O[C@@H](n2cnc3c(N)ncnc32)[C@H](O)[C@@H]1OP(=O)(O)O.S. The Balaban J connectivity index is 0.0000105. The number of phosphoric acid groups is 3. The summed E-state index contributed by atoms with van der Waals surface area (Å²) in [6.45, 7) is 1.58. The van der Waals surface area contributed by atoms with Crippen LogP contribution in [-0.4, -0.2) is 128 Å². The van der Waals surface area contributed by atoms with Crippen molar-refractivity contribution < 1.29 is 85.3 Å². The minimum Gasteiger partial charge on any atom is -0.386 e. The molecule has 2 aromatic heterocycles. The van der Waals surface area contributed by atoms with Gasteiger partial charge in [0.25, 0.3) is 0 Å². The Morgan fingerprint density at radius 1 is 1.05 bits per heavy atom. The van der Waals surface area contributed by atoms with Crippen LogP contribution in [0, 0.1) is 5.41 Å². The number of aliphatic hydroxyl groups excluding tert-OH is 2. The number of amides is 2. The van der Waals surface area contributed by atoms with Gasteiger partial charge in [0.15, 0.2) is 22.8 Å². The lowest BCUT2D eigenvalue weighted by atomic mass is 9.87. The van der Waals surface area contributed by atoms with Crippen molar-refractivity contribution >= 4 is 88.4 Å². The molecule has 3 rings (SSSR count). The van der Waals surface area contributed by atoms with E-state index in [1.54, 1.807) is 0 Å². The number of nitrogen functional groups attached to an aromatic ring is 1. The largest absolute Gasteiger partial charge is 0.481 e. The van der Waals surface area contributed by atoms with Crippen LogP contribution in [0.5, 0.6) is 0 Å². The first kappa shape index (κ1) is 48.7. The van der Waals surface area contributed by atoms with Gasteiger partial charge >= 0.3 is 23.5 Å². The van der Waals surface area contributed by atoms with Gasteiger partial charge in [-0.05, 0) is 6.92 Å². The molecular formula is C25H42N7O18P3S2. The first-order valence-electron chi connectivity index (χ1n) is 15.5. The number of nitrogens with two attached hydrogens (primary N) is 1. The zero-order valence-corrected chi connectivity index (χ0v) is 33.7. The third-order valence-electron chi connectivity index (χ3n) is 7.16. The Morgan fingerprint density at radius 2 is 1.71 bits per heavy atom. The summed E-state index contributed by atoms with van der Waals surface area (Å²) in [5.74, 6) is -1.61. The van der Waals surface area contributed by atoms with E-state index in [0.29, 0.717) is 0 Å². The number of rotatable bonds is 21. The lowest BCUT2D eigenvalue weighted by Crippen LogP contribution is -2.46. The Morgan fingerprint density at radius 3 is 2.35 bits per heavy atom. The molecule has 10 N–H and O–H groups in total. The molecule has 7 atom stereocenters. The minimum absolute atomic E-state index is 0. The normalized spacial score (nSPS) is 21.5. The highest BCUT2D eigenvalue weighted by Crippen LogP contribution is 2.61. The van der Waals surface area contributed by atoms with Crippen molar-refractivity contribution in [1.29, 1.82) is 0 Å². The highest BCUT2D eigenvalue weighted by Gasteiger charge is 2.50. The number of ketones is 1. The van der Waals surface area contributed by atoms with E-state index >= 15 is 0 Å². The van der Waals surface area contributed by atoms with Crippen LogP contribution in [-0.2, 0) is 55.5 Å². The maximum atomic E-state index is 12.6. The number of nitrogens with zero attached hydrogens (tertiary/aromatic N) is 4. The topological polar surface area (TPSA) is 381 Å². The van der Waals surface area contributed by atoms with Gasteiger partial charge in [-0.15, -0.1) is 0 Å². The van der Waals surface area contributed by atoms with Crippen molar-refractivity contribution in [3.8, 4) is 0 Å². The molecular weight excluding hydrogens is 843 g/mol. The number of thioether (sulfide) groups is 1. The fourth-order valence-corrected chi connectivity index (χ4v) is 8.12. The number of carbonyl (C=O) groups is 4. The van der Waals surface area contributed by atoms with Gasteiger partial charge in [0, 0.05) is 30.7 Å². The summed E-state index contributed by atoms with van der Waals surface area (Å²) in [6.07, 6.45) is -7.24. The van der Waals surface area contributed by atoms with E-state index in [1.165, 1.54) is 20.8 Å². The van der Waals surface area contributed by atoms with Gasteiger partial charge in [-0.3, -0.25) is 37.3 Å². The number of imidazole rings is 1. The number of Topliss-reactive ketones (excluding diaryl/α,β-unsaturated/α-hetero) is 1. The van der Waals surface area contributed by atoms with Gasteiger partial charge in [0.1, 0.15) is 42.0 Å². The molecule has 3 unspecified atom stereocenters. The number of nitrogens with one attached hydrogen (secondary N) is 2. The third-order valence-corrected chi connectivity index (χ3v) is 11.1. The average molecular weight is 886 g/mol. The summed E-state index contributed by atoms with van der Waals surface area (Å²) in [6, 6.07) is 0. The lowest BCUT2D eigenvalue weighted by Gasteiger charge is -2.30. The number of fused-ring (bicyclic) bond motifs is 1. The number of aliphatic hydroxyl groups is 2. The maximum Gasteiger partial charge on any atom is 0.481 e. The molecule has 25 nitrogen and oxygen atoms in total. The van der Waals surface area contributed by atoms with Crippen LogP contribution in [0.1, 0.15) is 39.8 Å². The summed E-state index contributed by atoms with van der Waals surface area (Å²) in [5, 5.41) is 25.8. The predicted molar refractivity (Wildman–Crippen MR) is 193 cm³/mol. The van der Waals surface area contributed by atoms with Crippen LogP contribution in [0.4, 0.5) is 5.82 Å². The van der Waals surface area contributed by atoms with E-state index in [0.717, 1.165) is 29.0 Å². The average Bonchev–Trinajstić information content (AvgIpc) is 3.60. The second-order valence-electron chi connectivity index (χ2n) is 12.2. The number of ether oxygens (including phenoxy) is 1. The first-order chi connectivity index (χ1) is 24.9. The molecule has 0 radical (unpaired) electrons. The van der Waals surface area contributed by atoms with Crippen LogP contribution < -0.4 is 16.4 Å². The van der Waals surface area contributed by atoms with Gasteiger partial charge in [-0.2, -0.15) is 17.8 Å². The van der Waals surface area contributed by atoms with E-state index in [2.05, 4.69) is 34.4 Å². The maximum absolute atomic E-state index is 12.6. The van der Waals surface area contributed by atoms with Crippen molar-refractivity contribution in [2.75, 3.05) is 37.8 Å². The minimum atomic E-state index is -5.58. The second-order valence-corrected chi connectivity index (χ2v) is 17.6. The highest BCUT2D eigenvalue weighted by atomic mass is 32.2. The van der Waals surface area contributed by atoms with Gasteiger partial charge in [0.2, 0.25) is 11.8 Å². The van der Waals surface area contributed by atoms with Crippen LogP contribution in [0.2, 0.25) is 0 Å². The molecule has 2 aromatic rings. The quantitative estimate of drug-likeness (QED) is 0.0402. The van der Waals surface area contributed by atoms with Crippen molar-refractivity contribution in [3.05, 3.63) is 12.7 Å². The fourth-order valence-electron chi connectivity index (χ4n) is 4.55. The fraction of sp³-hybridized carbons (Fsp3) is 0.640. The van der Waals surface area contributed by atoms with Crippen LogP contribution >= 0.6 is 48.7 Å². The number of hydrogen-bond acceptors (Lipinski definition) is 19. The number of phosphoric ester groups is 3. The molecule has 1 fully saturated rings. The van der Waals surface area contributed by atoms with E-state index < -0.39 is 84.6 Å². The molecule has 55 heavy (non-hydrogen) atoms. The monoisotopic (exact) mass is 885 g/mol. The van der Waals surface area contributed by atoms with Crippen molar-refractivity contribution in [1.82, 2.24) is 30.2 Å². The van der Waals surface area contributed by atoms with Gasteiger partial charge in [-0.25, -0.2) is 28.6 Å². The molecule has 0 aromatic carbocycles. The van der Waals surface area contributed by atoms with Gasteiger partial charge in [-0.1, -0.05) is 25.6 Å². The van der Waals surface area contributed by atoms with E-state index in [9.17, 15) is 62.7 Å². The molecule has 3 heterocycles. The summed E-state index contributed by atoms with van der Waals surface area (Å²) >= 11 is 0.878.